The number of rotatable bonds is 2. The van der Waals surface area contributed by atoms with Crippen molar-refractivity contribution in [2.75, 3.05) is 0 Å². The van der Waals surface area contributed by atoms with E-state index in [1.165, 1.54) is 15.3 Å². The molecular weight excluding hydrogens is 216 g/mol. The van der Waals surface area contributed by atoms with E-state index in [1.54, 1.807) is 17.5 Å². The molecule has 2 aromatic rings. The smallest absolute Gasteiger partial charge is 0.0876 e. The van der Waals surface area contributed by atoms with Crippen molar-refractivity contribution in [3.63, 3.8) is 0 Å². The second-order valence-electron chi connectivity index (χ2n) is 3.26. The highest BCUT2D eigenvalue weighted by atomic mass is 35.5. The molecule has 0 aromatic carbocycles. The molecule has 74 valence electrons. The molecule has 2 heterocycles. The zero-order valence-corrected chi connectivity index (χ0v) is 9.62. The Bertz CT molecular complexity index is 419. The molecule has 0 saturated heterocycles. The van der Waals surface area contributed by atoms with Crippen LogP contribution in [0, 0.1) is 13.8 Å². The van der Waals surface area contributed by atoms with Crippen molar-refractivity contribution in [1.29, 1.82) is 0 Å². The summed E-state index contributed by atoms with van der Waals surface area (Å²) >= 11 is 8.12. The van der Waals surface area contributed by atoms with Crippen LogP contribution in [0.4, 0.5) is 0 Å². The minimum Gasteiger partial charge on any atom is -0.285 e. The van der Waals surface area contributed by atoms with Crippen molar-refractivity contribution in [3.8, 4) is 0 Å². The monoisotopic (exact) mass is 226 g/mol. The number of aryl methyl sites for hydroxylation is 2. The van der Waals surface area contributed by atoms with Gasteiger partial charge in [-0.15, -0.1) is 22.9 Å². The number of aromatic nitrogens is 2. The van der Waals surface area contributed by atoms with Crippen LogP contribution in [0.1, 0.15) is 26.3 Å². The van der Waals surface area contributed by atoms with Gasteiger partial charge >= 0.3 is 0 Å². The van der Waals surface area contributed by atoms with Gasteiger partial charge in [0.1, 0.15) is 0 Å². The Morgan fingerprint density at radius 2 is 2.29 bits per heavy atom. The first-order valence-electron chi connectivity index (χ1n) is 4.38. The van der Waals surface area contributed by atoms with Crippen LogP contribution in [0.2, 0.25) is 0 Å². The van der Waals surface area contributed by atoms with Crippen LogP contribution < -0.4 is 0 Å². The highest BCUT2D eigenvalue weighted by molar-refractivity contribution is 7.12. The number of hydrogen-bond donors (Lipinski definition) is 1. The summed E-state index contributed by atoms with van der Waals surface area (Å²) in [6.07, 6.45) is 3.61. The van der Waals surface area contributed by atoms with Gasteiger partial charge in [0.05, 0.1) is 11.6 Å². The van der Waals surface area contributed by atoms with E-state index in [-0.39, 0.29) is 5.38 Å². The molecule has 0 aliphatic rings. The standard InChI is InChI=1S/C10H11ClN2S/c1-6-3-9(7(2)14-6)10(11)8-4-12-13-5-8/h3-5,10H,1-2H3,(H,12,13). The van der Waals surface area contributed by atoms with E-state index in [0.717, 1.165) is 5.56 Å². The number of halogens is 1. The molecule has 1 atom stereocenters. The van der Waals surface area contributed by atoms with Crippen LogP contribution in [0.15, 0.2) is 18.5 Å². The SMILES string of the molecule is Cc1cc(C(Cl)c2cn[nH]c2)c(C)s1. The summed E-state index contributed by atoms with van der Waals surface area (Å²) in [4.78, 5) is 2.58. The molecule has 4 heteroatoms. The molecule has 2 rings (SSSR count). The van der Waals surface area contributed by atoms with Gasteiger partial charge in [-0.25, -0.2) is 0 Å². The van der Waals surface area contributed by atoms with Crippen molar-refractivity contribution in [2.45, 2.75) is 19.2 Å². The fourth-order valence-electron chi connectivity index (χ4n) is 1.48. The Labute approximate surface area is 91.9 Å². The van der Waals surface area contributed by atoms with Crippen molar-refractivity contribution < 1.29 is 0 Å². The molecule has 0 amide bonds. The van der Waals surface area contributed by atoms with Crippen LogP contribution in [0.25, 0.3) is 0 Å². The van der Waals surface area contributed by atoms with E-state index in [4.69, 9.17) is 11.6 Å². The van der Waals surface area contributed by atoms with E-state index < -0.39 is 0 Å². The van der Waals surface area contributed by atoms with Crippen molar-refractivity contribution in [3.05, 3.63) is 39.3 Å². The number of hydrogen-bond acceptors (Lipinski definition) is 2. The van der Waals surface area contributed by atoms with Gasteiger partial charge in [0.25, 0.3) is 0 Å². The molecule has 1 unspecified atom stereocenters. The first-order valence-corrected chi connectivity index (χ1v) is 5.63. The van der Waals surface area contributed by atoms with Gasteiger partial charge in [-0.05, 0) is 25.5 Å². The summed E-state index contributed by atoms with van der Waals surface area (Å²) in [7, 11) is 0. The fourth-order valence-corrected chi connectivity index (χ4v) is 2.86. The fraction of sp³-hybridized carbons (Fsp3) is 0.300. The molecule has 0 bridgehead atoms. The van der Waals surface area contributed by atoms with Crippen LogP contribution in [-0.4, -0.2) is 10.2 Å². The number of thiophene rings is 1. The summed E-state index contributed by atoms with van der Waals surface area (Å²) in [6.45, 7) is 4.20. The molecule has 2 aromatic heterocycles. The van der Waals surface area contributed by atoms with Gasteiger partial charge < -0.3 is 0 Å². The zero-order chi connectivity index (χ0) is 10.1. The third-order valence-electron chi connectivity index (χ3n) is 2.16. The lowest BCUT2D eigenvalue weighted by Crippen LogP contribution is -1.90. The van der Waals surface area contributed by atoms with Gasteiger partial charge in [-0.3, -0.25) is 5.10 Å². The lowest BCUT2D eigenvalue weighted by Gasteiger charge is -2.05. The minimum atomic E-state index is -0.0845. The number of H-pyrrole nitrogens is 1. The number of aromatic amines is 1. The first-order chi connectivity index (χ1) is 6.68. The largest absolute Gasteiger partial charge is 0.285 e. The first kappa shape index (κ1) is 9.74. The Hall–Kier alpha value is -0.800. The Kier molecular flexibility index (Phi) is 2.61. The highest BCUT2D eigenvalue weighted by Gasteiger charge is 2.15. The molecule has 2 nitrogen and oxygen atoms in total. The molecular formula is C10H11ClN2S. The van der Waals surface area contributed by atoms with Crippen molar-refractivity contribution in [2.24, 2.45) is 0 Å². The Balaban J connectivity index is 2.36. The van der Waals surface area contributed by atoms with Gasteiger partial charge in [0, 0.05) is 21.5 Å². The topological polar surface area (TPSA) is 28.7 Å². The summed E-state index contributed by atoms with van der Waals surface area (Å²) < 4.78 is 0. The number of nitrogens with one attached hydrogen (secondary N) is 1. The molecule has 1 N–H and O–H groups in total. The predicted molar refractivity (Wildman–Crippen MR) is 60.1 cm³/mol. The van der Waals surface area contributed by atoms with Gasteiger partial charge in [-0.1, -0.05) is 0 Å². The van der Waals surface area contributed by atoms with Gasteiger partial charge in [-0.2, -0.15) is 5.10 Å². The summed E-state index contributed by atoms with van der Waals surface area (Å²) in [5, 5.41) is 6.59. The second kappa shape index (κ2) is 3.75. The van der Waals surface area contributed by atoms with E-state index in [9.17, 15) is 0 Å². The molecule has 0 fully saturated rings. The number of alkyl halides is 1. The Morgan fingerprint density at radius 1 is 1.50 bits per heavy atom. The average Bonchev–Trinajstić information content (AvgIpc) is 2.73. The Morgan fingerprint density at radius 3 is 2.79 bits per heavy atom. The number of nitrogens with zero attached hydrogens (tertiary/aromatic N) is 1. The molecule has 0 spiro atoms. The van der Waals surface area contributed by atoms with E-state index in [1.807, 2.05) is 6.20 Å². The molecule has 0 aliphatic carbocycles. The zero-order valence-electron chi connectivity index (χ0n) is 8.04. The predicted octanol–water partition coefficient (Wildman–Crippen LogP) is 3.42. The summed E-state index contributed by atoms with van der Waals surface area (Å²) in [5.74, 6) is 0. The quantitative estimate of drug-likeness (QED) is 0.782. The van der Waals surface area contributed by atoms with Crippen LogP contribution in [-0.2, 0) is 0 Å². The lowest BCUT2D eigenvalue weighted by atomic mass is 10.1. The third kappa shape index (κ3) is 1.70. The summed E-state index contributed by atoms with van der Waals surface area (Å²) in [5.41, 5.74) is 2.21. The van der Waals surface area contributed by atoms with Crippen LogP contribution in [0.5, 0.6) is 0 Å². The average molecular weight is 227 g/mol. The van der Waals surface area contributed by atoms with E-state index in [0.29, 0.717) is 0 Å². The normalized spacial score (nSPS) is 13.1. The second-order valence-corrected chi connectivity index (χ2v) is 5.16. The molecule has 0 radical (unpaired) electrons. The lowest BCUT2D eigenvalue weighted by molar-refractivity contribution is 1.09. The summed E-state index contributed by atoms with van der Waals surface area (Å²) in [6, 6.07) is 2.14. The maximum Gasteiger partial charge on any atom is 0.0876 e. The maximum atomic E-state index is 6.34. The van der Waals surface area contributed by atoms with E-state index in [2.05, 4.69) is 30.1 Å². The van der Waals surface area contributed by atoms with Crippen molar-refractivity contribution >= 4 is 22.9 Å². The van der Waals surface area contributed by atoms with Crippen LogP contribution in [0.3, 0.4) is 0 Å². The minimum absolute atomic E-state index is 0.0845. The molecule has 14 heavy (non-hydrogen) atoms. The van der Waals surface area contributed by atoms with Crippen molar-refractivity contribution in [1.82, 2.24) is 10.2 Å². The molecule has 0 saturated carbocycles. The maximum absolute atomic E-state index is 6.34. The molecule has 0 aliphatic heterocycles. The van der Waals surface area contributed by atoms with Gasteiger partial charge in [0.2, 0.25) is 0 Å². The van der Waals surface area contributed by atoms with Crippen LogP contribution >= 0.6 is 22.9 Å². The highest BCUT2D eigenvalue weighted by Crippen LogP contribution is 2.34. The van der Waals surface area contributed by atoms with E-state index >= 15 is 0 Å². The van der Waals surface area contributed by atoms with Gasteiger partial charge in [0.15, 0.2) is 0 Å². The third-order valence-corrected chi connectivity index (χ3v) is 3.63.